The normalized spacial score (nSPS) is 12.6. The molecule has 0 aliphatic heterocycles. The molecule has 0 fully saturated rings. The zero-order chi connectivity index (χ0) is 36.4. The van der Waals surface area contributed by atoms with Crippen LogP contribution < -0.4 is 4.16 Å². The summed E-state index contributed by atoms with van der Waals surface area (Å²) in [5.74, 6) is 0. The van der Waals surface area contributed by atoms with E-state index in [0.29, 0.717) is 0 Å². The number of alkyl halides is 12. The van der Waals surface area contributed by atoms with Gasteiger partial charge in [0.1, 0.15) is 19.8 Å². The summed E-state index contributed by atoms with van der Waals surface area (Å²) >= 11 is -1.75. The molecule has 0 aromatic carbocycles. The molecular weight excluding hydrogens is 743 g/mol. The number of hydrogen-bond donors (Lipinski definition) is 4. The molecule has 0 aliphatic rings. The predicted octanol–water partition coefficient (Wildman–Crippen LogP) is 1.49. The maximum atomic E-state index is 10.7. The quantitative estimate of drug-likeness (QED) is 0.104. The van der Waals surface area contributed by atoms with Crippen molar-refractivity contribution in [3.05, 3.63) is 0 Å². The van der Waals surface area contributed by atoms with Gasteiger partial charge in [-0.2, -0.15) is 86.4 Å². The SMILES string of the molecule is CC[O+](CC)CC.O=S(=O)(O)C(F)(F)F.O=S(=O)(O)C(F)(F)F.O=S(=O)(O)C(F)(F)F.O=S(=O)(O)C(F)(F)F.[O]=[Al][O-]. The topological polar surface area (TPSA) is 260 Å². The van der Waals surface area contributed by atoms with E-state index in [1.54, 1.807) is 0 Å². The second-order valence-electron chi connectivity index (χ2n) is 5.26. The van der Waals surface area contributed by atoms with E-state index in [0.717, 1.165) is 19.8 Å². The molecule has 0 unspecified atom stereocenters. The van der Waals surface area contributed by atoms with Crippen LogP contribution in [0, 0.1) is 0 Å². The molecule has 0 aromatic heterocycles. The summed E-state index contributed by atoms with van der Waals surface area (Å²) in [6.45, 7) is 9.76. The Labute approximate surface area is 235 Å². The summed E-state index contributed by atoms with van der Waals surface area (Å²) in [6.07, 6.45) is 0. The first-order chi connectivity index (χ1) is 17.8. The molecule has 0 spiro atoms. The van der Waals surface area contributed by atoms with Crippen LogP contribution >= 0.6 is 0 Å². The first-order valence-corrected chi connectivity index (χ1v) is 15.3. The van der Waals surface area contributed by atoms with Gasteiger partial charge in [0.05, 0.1) is 0 Å². The minimum atomic E-state index is -5.84. The Morgan fingerprint density at radius 3 is 0.571 bits per heavy atom. The average molecular weight is 762 g/mol. The third kappa shape index (κ3) is 33.4. The molecular formula is C10H19AlF12O15S4. The van der Waals surface area contributed by atoms with Crippen molar-refractivity contribution >= 4 is 56.0 Å². The van der Waals surface area contributed by atoms with Crippen LogP contribution in [0.2, 0.25) is 0 Å². The first kappa shape index (κ1) is 53.5. The molecule has 0 saturated heterocycles. The summed E-state index contributed by atoms with van der Waals surface area (Å²) in [6, 6.07) is 0. The zero-order valence-corrected chi connectivity index (χ0v) is 24.6. The van der Waals surface area contributed by atoms with Crippen LogP contribution in [-0.2, 0) is 48.6 Å². The van der Waals surface area contributed by atoms with Gasteiger partial charge in [-0.05, 0) is 0 Å². The van der Waals surface area contributed by atoms with E-state index in [1.165, 1.54) is 0 Å². The molecule has 0 rings (SSSR count). The van der Waals surface area contributed by atoms with Gasteiger partial charge in [0.15, 0.2) is 0 Å². The molecule has 0 amide bonds. The molecule has 260 valence electrons. The van der Waals surface area contributed by atoms with Crippen molar-refractivity contribution in [3.8, 4) is 0 Å². The Hall–Kier alpha value is -1.11. The van der Waals surface area contributed by atoms with Crippen LogP contribution in [0.15, 0.2) is 0 Å². The molecule has 42 heavy (non-hydrogen) atoms. The second kappa shape index (κ2) is 20.8. The first-order valence-electron chi connectivity index (χ1n) is 8.61. The van der Waals surface area contributed by atoms with Gasteiger partial charge in [0, 0.05) is 20.8 Å². The monoisotopic (exact) mass is 762 g/mol. The van der Waals surface area contributed by atoms with E-state index in [4.69, 9.17) is 59.8 Å². The summed E-state index contributed by atoms with van der Waals surface area (Å²) in [5.41, 5.74) is -22.1. The van der Waals surface area contributed by atoms with Crippen molar-refractivity contribution in [2.24, 2.45) is 0 Å². The maximum absolute atomic E-state index is 10.7. The van der Waals surface area contributed by atoms with Crippen molar-refractivity contribution in [2.75, 3.05) is 19.8 Å². The summed E-state index contributed by atoms with van der Waals surface area (Å²) in [7, 11) is -23.4. The van der Waals surface area contributed by atoms with Crippen LogP contribution in [0.5, 0.6) is 0 Å². The standard InChI is InChI=1S/C6H15O.4CHF3O3S.Al.2O/c1-4-7(5-2)6-3;4*2-1(3,4)8(5,6)7;;;/h4-6H2,1-3H3;4*(H,5,6,7);;;/q+1;;;;;;;-1. The summed E-state index contributed by atoms with van der Waals surface area (Å²) < 4.78 is 250. The van der Waals surface area contributed by atoms with Crippen LogP contribution in [0.3, 0.4) is 0 Å². The number of hydrogen-bond acceptors (Lipinski definition) is 10. The predicted molar refractivity (Wildman–Crippen MR) is 110 cm³/mol. The van der Waals surface area contributed by atoms with Crippen molar-refractivity contribution in [2.45, 2.75) is 42.8 Å². The molecule has 0 bridgehead atoms. The van der Waals surface area contributed by atoms with Crippen molar-refractivity contribution in [1.82, 2.24) is 0 Å². The van der Waals surface area contributed by atoms with Crippen molar-refractivity contribution in [3.63, 3.8) is 0 Å². The van der Waals surface area contributed by atoms with E-state index in [2.05, 4.69) is 25.1 Å². The molecule has 0 atom stereocenters. The van der Waals surface area contributed by atoms with Gasteiger partial charge in [-0.25, -0.2) is 0 Å². The zero-order valence-electron chi connectivity index (χ0n) is 20.1. The summed E-state index contributed by atoms with van der Waals surface area (Å²) in [5, 5.41) is 0. The van der Waals surface area contributed by atoms with E-state index in [-0.39, 0.29) is 0 Å². The van der Waals surface area contributed by atoms with Gasteiger partial charge < -0.3 is 4.37 Å². The average Bonchev–Trinajstić information content (AvgIpc) is 2.65. The van der Waals surface area contributed by atoms with E-state index in [9.17, 15) is 52.7 Å². The Morgan fingerprint density at radius 1 is 0.500 bits per heavy atom. The third-order valence-corrected chi connectivity index (χ3v) is 4.73. The molecule has 0 heterocycles. The third-order valence-electron chi connectivity index (χ3n) is 2.39. The fourth-order valence-electron chi connectivity index (χ4n) is 0.612. The molecule has 15 nitrogen and oxygen atoms in total. The Balaban J connectivity index is -0.0000000942. The summed E-state index contributed by atoms with van der Waals surface area (Å²) in [4.78, 5) is 0. The van der Waals surface area contributed by atoms with Crippen LogP contribution in [-0.4, -0.2) is 109 Å². The van der Waals surface area contributed by atoms with Crippen LogP contribution in [0.25, 0.3) is 0 Å². The van der Waals surface area contributed by atoms with Gasteiger partial charge in [-0.3, -0.25) is 18.2 Å². The van der Waals surface area contributed by atoms with Gasteiger partial charge in [-0.1, -0.05) is 0 Å². The Morgan fingerprint density at radius 2 is 0.571 bits per heavy atom. The second-order valence-corrected chi connectivity index (χ2v) is 11.1. The van der Waals surface area contributed by atoms with Gasteiger partial charge in [0.25, 0.3) is 0 Å². The van der Waals surface area contributed by atoms with Gasteiger partial charge in [0.2, 0.25) is 0 Å². The molecule has 0 saturated carbocycles. The molecule has 0 aromatic rings. The molecule has 0 radical (unpaired) electrons. The van der Waals surface area contributed by atoms with Crippen molar-refractivity contribution in [1.29, 1.82) is 0 Å². The van der Waals surface area contributed by atoms with Crippen LogP contribution in [0.4, 0.5) is 52.7 Å². The molecule has 0 aliphatic carbocycles. The van der Waals surface area contributed by atoms with Crippen LogP contribution in [0.1, 0.15) is 20.8 Å². The van der Waals surface area contributed by atoms with E-state index in [1.807, 2.05) is 0 Å². The van der Waals surface area contributed by atoms with Crippen molar-refractivity contribution < 1.29 is 117 Å². The molecule has 32 heteroatoms. The Bertz CT molecular complexity index is 978. The fourth-order valence-corrected chi connectivity index (χ4v) is 0.612. The minimum absolute atomic E-state index is 1.10. The van der Waals surface area contributed by atoms with Gasteiger partial charge in [-0.15, -0.1) is 0 Å². The molecule has 4 N–H and O–H groups in total. The van der Waals surface area contributed by atoms with E-state index >= 15 is 0 Å². The number of rotatable bonds is 3. The number of halogens is 12. The van der Waals surface area contributed by atoms with Gasteiger partial charge >= 0.3 is 86.0 Å². The van der Waals surface area contributed by atoms with E-state index < -0.39 is 78.0 Å². The Kier molecular flexibility index (Phi) is 26.4. The fraction of sp³-hybridized carbons (Fsp3) is 1.00.